The van der Waals surface area contributed by atoms with Gasteiger partial charge in [0.2, 0.25) is 5.91 Å². The second kappa shape index (κ2) is 7.02. The number of halogens is 1. The molecule has 0 fully saturated rings. The molecule has 1 aromatic carbocycles. The molecule has 0 unspecified atom stereocenters. The molecule has 2 aromatic rings. The van der Waals surface area contributed by atoms with Crippen LogP contribution in [0, 0.1) is 0 Å². The Bertz CT molecular complexity index is 574. The van der Waals surface area contributed by atoms with Gasteiger partial charge in [0.15, 0.2) is 0 Å². The number of hydrazine groups is 1. The Balaban J connectivity index is 1.84. The summed E-state index contributed by atoms with van der Waals surface area (Å²) in [6.07, 6.45) is 1.63. The number of pyridine rings is 1. The van der Waals surface area contributed by atoms with Gasteiger partial charge in [-0.25, -0.2) is 4.98 Å². The van der Waals surface area contributed by atoms with E-state index in [4.69, 9.17) is 17.3 Å². The first-order valence-electron chi connectivity index (χ1n) is 5.79. The van der Waals surface area contributed by atoms with Crippen LogP contribution in [0.3, 0.4) is 0 Å². The van der Waals surface area contributed by atoms with Crippen LogP contribution in [0.25, 0.3) is 0 Å². The molecule has 0 saturated carbocycles. The summed E-state index contributed by atoms with van der Waals surface area (Å²) in [7, 11) is 0. The highest BCUT2D eigenvalue weighted by molar-refractivity contribution is 8.00. The minimum absolute atomic E-state index is 0.194. The summed E-state index contributed by atoms with van der Waals surface area (Å²) >= 11 is 7.32. The second-order valence-corrected chi connectivity index (χ2v) is 5.23. The van der Waals surface area contributed by atoms with Gasteiger partial charge in [0.1, 0.15) is 5.82 Å². The minimum Gasteiger partial charge on any atom is -0.398 e. The number of anilines is 2. The van der Waals surface area contributed by atoms with Gasteiger partial charge in [0.25, 0.3) is 0 Å². The molecular formula is C13H13ClN4OS. The van der Waals surface area contributed by atoms with Crippen LogP contribution in [0.15, 0.2) is 47.5 Å². The van der Waals surface area contributed by atoms with E-state index in [1.807, 2.05) is 6.07 Å². The number of carbonyl (C=O) groups excluding carboxylic acids is 1. The maximum absolute atomic E-state index is 11.7. The average molecular weight is 309 g/mol. The summed E-state index contributed by atoms with van der Waals surface area (Å²) in [5.74, 6) is 0.580. The first kappa shape index (κ1) is 14.5. The van der Waals surface area contributed by atoms with Gasteiger partial charge in [-0.15, -0.1) is 11.8 Å². The van der Waals surface area contributed by atoms with Gasteiger partial charge in [-0.05, 0) is 24.3 Å². The smallest absolute Gasteiger partial charge is 0.248 e. The predicted molar refractivity (Wildman–Crippen MR) is 82.6 cm³/mol. The summed E-state index contributed by atoms with van der Waals surface area (Å²) in [6.45, 7) is 0. The van der Waals surface area contributed by atoms with Crippen molar-refractivity contribution in [2.45, 2.75) is 4.90 Å². The van der Waals surface area contributed by atoms with Crippen molar-refractivity contribution >= 4 is 40.8 Å². The number of nitrogens with two attached hydrogens (primary N) is 1. The highest BCUT2D eigenvalue weighted by Crippen LogP contribution is 2.32. The molecule has 0 aliphatic carbocycles. The summed E-state index contributed by atoms with van der Waals surface area (Å²) in [5, 5.41) is 0.542. The van der Waals surface area contributed by atoms with Gasteiger partial charge in [0, 0.05) is 16.8 Å². The molecule has 0 aliphatic rings. The largest absolute Gasteiger partial charge is 0.398 e. The predicted octanol–water partition coefficient (Wildman–Crippen LogP) is 2.55. The van der Waals surface area contributed by atoms with Gasteiger partial charge in [-0.1, -0.05) is 23.7 Å². The zero-order valence-electron chi connectivity index (χ0n) is 10.5. The number of rotatable bonds is 5. The highest BCUT2D eigenvalue weighted by atomic mass is 35.5. The van der Waals surface area contributed by atoms with Crippen LogP contribution < -0.4 is 16.6 Å². The Morgan fingerprint density at radius 3 is 2.85 bits per heavy atom. The lowest BCUT2D eigenvalue weighted by Crippen LogP contribution is -2.31. The van der Waals surface area contributed by atoms with E-state index in [1.165, 1.54) is 11.8 Å². The van der Waals surface area contributed by atoms with E-state index in [0.717, 1.165) is 0 Å². The Labute approximate surface area is 125 Å². The van der Waals surface area contributed by atoms with Gasteiger partial charge in [-0.2, -0.15) is 0 Å². The van der Waals surface area contributed by atoms with Crippen LogP contribution in [-0.4, -0.2) is 16.6 Å². The quantitative estimate of drug-likeness (QED) is 0.449. The van der Waals surface area contributed by atoms with Crippen LogP contribution in [0.4, 0.5) is 11.5 Å². The molecule has 7 heteroatoms. The fraction of sp³-hybridized carbons (Fsp3) is 0.0769. The van der Waals surface area contributed by atoms with Crippen molar-refractivity contribution in [3.8, 4) is 0 Å². The average Bonchev–Trinajstić information content (AvgIpc) is 2.46. The maximum Gasteiger partial charge on any atom is 0.248 e. The van der Waals surface area contributed by atoms with Gasteiger partial charge >= 0.3 is 0 Å². The van der Waals surface area contributed by atoms with Gasteiger partial charge in [0.05, 0.1) is 10.8 Å². The topological polar surface area (TPSA) is 80.0 Å². The van der Waals surface area contributed by atoms with E-state index in [2.05, 4.69) is 15.8 Å². The Morgan fingerprint density at radius 2 is 2.15 bits per heavy atom. The van der Waals surface area contributed by atoms with Crippen molar-refractivity contribution in [2.75, 3.05) is 16.9 Å². The molecule has 0 aliphatic heterocycles. The number of carbonyl (C=O) groups is 1. The third-order valence-corrected chi connectivity index (χ3v) is 3.92. The zero-order valence-corrected chi connectivity index (χ0v) is 12.0. The molecule has 1 amide bonds. The summed E-state index contributed by atoms with van der Waals surface area (Å²) in [5.41, 5.74) is 11.6. The molecule has 0 atom stereocenters. The van der Waals surface area contributed by atoms with E-state index in [1.54, 1.807) is 36.5 Å². The summed E-state index contributed by atoms with van der Waals surface area (Å²) < 4.78 is 0. The van der Waals surface area contributed by atoms with Crippen molar-refractivity contribution < 1.29 is 4.79 Å². The number of nitrogens with zero attached hydrogens (tertiary/aromatic N) is 1. The van der Waals surface area contributed by atoms with E-state index >= 15 is 0 Å². The Morgan fingerprint density at radius 1 is 1.30 bits per heavy atom. The molecule has 0 bridgehead atoms. The maximum atomic E-state index is 11.7. The van der Waals surface area contributed by atoms with Crippen molar-refractivity contribution in [1.29, 1.82) is 0 Å². The third-order valence-electron chi connectivity index (χ3n) is 2.34. The molecule has 20 heavy (non-hydrogen) atoms. The normalized spacial score (nSPS) is 10.1. The van der Waals surface area contributed by atoms with Crippen LogP contribution in [0.5, 0.6) is 0 Å². The Kier molecular flexibility index (Phi) is 5.09. The van der Waals surface area contributed by atoms with Crippen molar-refractivity contribution in [3.05, 3.63) is 47.6 Å². The molecule has 1 heterocycles. The molecule has 0 radical (unpaired) electrons. The zero-order chi connectivity index (χ0) is 14.4. The Hall–Kier alpha value is -1.92. The number of benzene rings is 1. The second-order valence-electron chi connectivity index (χ2n) is 3.84. The fourth-order valence-electron chi connectivity index (χ4n) is 1.42. The van der Waals surface area contributed by atoms with E-state index in [9.17, 15) is 4.79 Å². The number of amides is 1. The standard InChI is InChI=1S/C13H13ClN4OS/c14-9-4-3-5-10(15)13(9)20-8-12(19)18-17-11-6-1-2-7-16-11/h1-7H,8,15H2,(H,16,17)(H,18,19). The summed E-state index contributed by atoms with van der Waals surface area (Å²) in [6, 6.07) is 10.6. The van der Waals surface area contributed by atoms with E-state index in [-0.39, 0.29) is 11.7 Å². The lowest BCUT2D eigenvalue weighted by Gasteiger charge is -2.09. The molecule has 0 spiro atoms. The fourth-order valence-corrected chi connectivity index (χ4v) is 2.56. The number of nitrogen functional groups attached to an aromatic ring is 1. The number of hydrogen-bond acceptors (Lipinski definition) is 5. The molecule has 104 valence electrons. The first-order valence-corrected chi connectivity index (χ1v) is 7.16. The molecule has 0 saturated heterocycles. The molecule has 1 aromatic heterocycles. The van der Waals surface area contributed by atoms with Crippen LogP contribution in [-0.2, 0) is 4.79 Å². The molecule has 4 N–H and O–H groups in total. The third kappa shape index (κ3) is 4.04. The van der Waals surface area contributed by atoms with Gasteiger partial charge < -0.3 is 5.73 Å². The molecule has 5 nitrogen and oxygen atoms in total. The SMILES string of the molecule is Nc1cccc(Cl)c1SCC(=O)NNc1ccccn1. The lowest BCUT2D eigenvalue weighted by atomic mass is 10.3. The minimum atomic E-state index is -0.194. The van der Waals surface area contributed by atoms with Crippen molar-refractivity contribution in [2.24, 2.45) is 0 Å². The monoisotopic (exact) mass is 308 g/mol. The van der Waals surface area contributed by atoms with Crippen molar-refractivity contribution in [3.63, 3.8) is 0 Å². The van der Waals surface area contributed by atoms with Crippen molar-refractivity contribution in [1.82, 2.24) is 10.4 Å². The number of thioether (sulfide) groups is 1. The molecular weight excluding hydrogens is 296 g/mol. The van der Waals surface area contributed by atoms with E-state index < -0.39 is 0 Å². The number of nitrogens with one attached hydrogen (secondary N) is 2. The lowest BCUT2D eigenvalue weighted by molar-refractivity contribution is -0.118. The highest BCUT2D eigenvalue weighted by Gasteiger charge is 2.08. The first-order chi connectivity index (χ1) is 9.66. The van der Waals surface area contributed by atoms with Crippen LogP contribution >= 0.6 is 23.4 Å². The van der Waals surface area contributed by atoms with Crippen LogP contribution in [0.1, 0.15) is 0 Å². The van der Waals surface area contributed by atoms with Gasteiger partial charge in [-0.3, -0.25) is 15.6 Å². The summed E-state index contributed by atoms with van der Waals surface area (Å²) in [4.78, 5) is 16.4. The van der Waals surface area contributed by atoms with Crippen LogP contribution in [0.2, 0.25) is 5.02 Å². The van der Waals surface area contributed by atoms with E-state index in [0.29, 0.717) is 21.4 Å². The molecule has 2 rings (SSSR count). The number of hydrogen-bond donors (Lipinski definition) is 3. The number of aromatic nitrogens is 1.